The first kappa shape index (κ1) is 13.7. The molecule has 0 saturated heterocycles. The first-order valence-electron chi connectivity index (χ1n) is 5.80. The number of benzene rings is 2. The van der Waals surface area contributed by atoms with Crippen molar-refractivity contribution in [1.82, 2.24) is 0 Å². The Hall–Kier alpha value is -2.76. The van der Waals surface area contributed by atoms with Crippen molar-refractivity contribution >= 4 is 5.69 Å². The Morgan fingerprint density at radius 1 is 1.15 bits per heavy atom. The number of aryl methyl sites for hydroxylation is 1. The lowest BCUT2D eigenvalue weighted by Gasteiger charge is -2.09. The molecule has 6 heteroatoms. The van der Waals surface area contributed by atoms with Crippen LogP contribution in [0.3, 0.4) is 0 Å². The number of nitro groups is 1. The molecule has 0 spiro atoms. The van der Waals surface area contributed by atoms with Crippen molar-refractivity contribution in [2.75, 3.05) is 7.11 Å². The molecule has 2 aromatic rings. The highest BCUT2D eigenvalue weighted by Gasteiger charge is 2.17. The third-order valence-corrected chi connectivity index (χ3v) is 2.63. The summed E-state index contributed by atoms with van der Waals surface area (Å²) in [6.45, 7) is 1.78. The standard InChI is InChI=1S/C14H13NO5/c1-9-5-10(16)7-12(6-9)20-14-8-11(19-2)3-4-13(14)15(17)18/h3-8,16H,1-2H3. The van der Waals surface area contributed by atoms with Crippen molar-refractivity contribution in [1.29, 1.82) is 0 Å². The molecule has 0 aromatic heterocycles. The summed E-state index contributed by atoms with van der Waals surface area (Å²) in [6.07, 6.45) is 0. The number of ether oxygens (including phenoxy) is 2. The first-order chi connectivity index (χ1) is 9.49. The summed E-state index contributed by atoms with van der Waals surface area (Å²) < 4.78 is 10.5. The van der Waals surface area contributed by atoms with Crippen LogP contribution in [0.2, 0.25) is 0 Å². The highest BCUT2D eigenvalue weighted by Crippen LogP contribution is 2.35. The predicted octanol–water partition coefficient (Wildman–Crippen LogP) is 3.41. The summed E-state index contributed by atoms with van der Waals surface area (Å²) in [6, 6.07) is 8.84. The molecule has 0 aliphatic rings. The molecule has 2 aromatic carbocycles. The fourth-order valence-corrected chi connectivity index (χ4v) is 1.77. The number of phenols is 1. The van der Waals surface area contributed by atoms with E-state index < -0.39 is 4.92 Å². The molecule has 0 unspecified atom stereocenters. The molecule has 0 bridgehead atoms. The number of hydrogen-bond donors (Lipinski definition) is 1. The zero-order valence-corrected chi connectivity index (χ0v) is 11.0. The largest absolute Gasteiger partial charge is 0.508 e. The Morgan fingerprint density at radius 3 is 2.50 bits per heavy atom. The second-order valence-electron chi connectivity index (χ2n) is 4.20. The van der Waals surface area contributed by atoms with E-state index in [1.165, 1.54) is 31.4 Å². The summed E-state index contributed by atoms with van der Waals surface area (Å²) in [5, 5.41) is 20.5. The predicted molar refractivity (Wildman–Crippen MR) is 72.6 cm³/mol. The first-order valence-corrected chi connectivity index (χ1v) is 5.80. The van der Waals surface area contributed by atoms with E-state index in [0.29, 0.717) is 11.5 Å². The van der Waals surface area contributed by atoms with E-state index in [0.717, 1.165) is 5.56 Å². The minimum atomic E-state index is -0.537. The van der Waals surface area contributed by atoms with Gasteiger partial charge in [-0.15, -0.1) is 0 Å². The maximum atomic E-state index is 11.0. The van der Waals surface area contributed by atoms with E-state index in [1.54, 1.807) is 19.1 Å². The quantitative estimate of drug-likeness (QED) is 0.683. The van der Waals surface area contributed by atoms with Crippen LogP contribution in [0.5, 0.6) is 23.0 Å². The highest BCUT2D eigenvalue weighted by atomic mass is 16.6. The zero-order valence-electron chi connectivity index (χ0n) is 11.0. The van der Waals surface area contributed by atoms with Gasteiger partial charge in [0.2, 0.25) is 5.75 Å². The number of hydrogen-bond acceptors (Lipinski definition) is 5. The van der Waals surface area contributed by atoms with Crippen LogP contribution in [0.25, 0.3) is 0 Å². The van der Waals surface area contributed by atoms with E-state index in [4.69, 9.17) is 9.47 Å². The monoisotopic (exact) mass is 275 g/mol. The lowest BCUT2D eigenvalue weighted by atomic mass is 10.2. The molecule has 2 rings (SSSR count). The topological polar surface area (TPSA) is 81.8 Å². The van der Waals surface area contributed by atoms with E-state index in [-0.39, 0.29) is 17.2 Å². The van der Waals surface area contributed by atoms with Crippen molar-refractivity contribution in [3.05, 3.63) is 52.1 Å². The Labute approximate surface area is 115 Å². The smallest absolute Gasteiger partial charge is 0.311 e. The third-order valence-electron chi connectivity index (χ3n) is 2.63. The van der Waals surface area contributed by atoms with Gasteiger partial charge in [0, 0.05) is 18.2 Å². The van der Waals surface area contributed by atoms with Crippen molar-refractivity contribution in [2.24, 2.45) is 0 Å². The molecule has 20 heavy (non-hydrogen) atoms. The van der Waals surface area contributed by atoms with Gasteiger partial charge >= 0.3 is 5.69 Å². The summed E-state index contributed by atoms with van der Waals surface area (Å²) in [4.78, 5) is 10.4. The maximum absolute atomic E-state index is 11.0. The third kappa shape index (κ3) is 2.97. The van der Waals surface area contributed by atoms with Crippen LogP contribution in [0.15, 0.2) is 36.4 Å². The highest BCUT2D eigenvalue weighted by molar-refractivity contribution is 5.53. The summed E-state index contributed by atoms with van der Waals surface area (Å²) >= 11 is 0. The lowest BCUT2D eigenvalue weighted by molar-refractivity contribution is -0.385. The van der Waals surface area contributed by atoms with Gasteiger partial charge < -0.3 is 14.6 Å². The summed E-state index contributed by atoms with van der Waals surface area (Å²) in [5.74, 6) is 0.853. The molecule has 0 radical (unpaired) electrons. The summed E-state index contributed by atoms with van der Waals surface area (Å²) in [7, 11) is 1.46. The van der Waals surface area contributed by atoms with Crippen molar-refractivity contribution in [3.63, 3.8) is 0 Å². The second kappa shape index (κ2) is 5.48. The molecular formula is C14H13NO5. The molecule has 0 aliphatic heterocycles. The zero-order chi connectivity index (χ0) is 14.7. The Morgan fingerprint density at radius 2 is 1.90 bits per heavy atom. The van der Waals surface area contributed by atoms with E-state index in [9.17, 15) is 15.2 Å². The number of nitro benzene ring substituents is 1. The molecular weight excluding hydrogens is 262 g/mol. The lowest BCUT2D eigenvalue weighted by Crippen LogP contribution is -1.94. The Kier molecular flexibility index (Phi) is 3.74. The van der Waals surface area contributed by atoms with Gasteiger partial charge in [-0.2, -0.15) is 0 Å². The van der Waals surface area contributed by atoms with Crippen LogP contribution in [0, 0.1) is 17.0 Å². The van der Waals surface area contributed by atoms with Crippen LogP contribution in [-0.4, -0.2) is 17.1 Å². The number of phenolic OH excluding ortho intramolecular Hbond substituents is 1. The van der Waals surface area contributed by atoms with Crippen LogP contribution < -0.4 is 9.47 Å². The van der Waals surface area contributed by atoms with Gasteiger partial charge in [0.05, 0.1) is 12.0 Å². The fraction of sp³-hybridized carbons (Fsp3) is 0.143. The minimum Gasteiger partial charge on any atom is -0.508 e. The number of aromatic hydroxyl groups is 1. The SMILES string of the molecule is COc1ccc([N+](=O)[O-])c(Oc2cc(C)cc(O)c2)c1. The number of methoxy groups -OCH3 is 1. The van der Waals surface area contributed by atoms with Gasteiger partial charge in [-0.1, -0.05) is 0 Å². The van der Waals surface area contributed by atoms with Crippen LogP contribution in [-0.2, 0) is 0 Å². The average molecular weight is 275 g/mol. The van der Waals surface area contributed by atoms with Crippen molar-refractivity contribution in [2.45, 2.75) is 6.92 Å². The van der Waals surface area contributed by atoms with Gasteiger partial charge in [0.25, 0.3) is 0 Å². The van der Waals surface area contributed by atoms with E-state index in [1.807, 2.05) is 0 Å². The van der Waals surface area contributed by atoms with Gasteiger partial charge in [-0.3, -0.25) is 10.1 Å². The molecule has 0 heterocycles. The van der Waals surface area contributed by atoms with Crippen LogP contribution in [0.1, 0.15) is 5.56 Å². The van der Waals surface area contributed by atoms with Gasteiger partial charge in [0.15, 0.2) is 0 Å². The molecule has 104 valence electrons. The number of rotatable bonds is 4. The molecule has 0 saturated carbocycles. The van der Waals surface area contributed by atoms with Crippen LogP contribution in [0.4, 0.5) is 5.69 Å². The normalized spacial score (nSPS) is 10.1. The van der Waals surface area contributed by atoms with Crippen LogP contribution >= 0.6 is 0 Å². The van der Waals surface area contributed by atoms with Crippen molar-refractivity contribution in [3.8, 4) is 23.0 Å². The minimum absolute atomic E-state index is 0.0329. The Balaban J connectivity index is 2.42. The fourth-order valence-electron chi connectivity index (χ4n) is 1.77. The van der Waals surface area contributed by atoms with Gasteiger partial charge in [-0.25, -0.2) is 0 Å². The van der Waals surface area contributed by atoms with Gasteiger partial charge in [-0.05, 0) is 30.7 Å². The summed E-state index contributed by atoms with van der Waals surface area (Å²) in [5.41, 5.74) is 0.609. The second-order valence-corrected chi connectivity index (χ2v) is 4.20. The van der Waals surface area contributed by atoms with E-state index >= 15 is 0 Å². The van der Waals surface area contributed by atoms with E-state index in [2.05, 4.69) is 0 Å². The average Bonchev–Trinajstić information content (AvgIpc) is 2.37. The molecule has 0 aliphatic carbocycles. The van der Waals surface area contributed by atoms with Gasteiger partial charge in [0.1, 0.15) is 17.2 Å². The molecule has 0 amide bonds. The maximum Gasteiger partial charge on any atom is 0.311 e. The Bertz CT molecular complexity index is 634. The molecule has 6 nitrogen and oxygen atoms in total. The molecule has 1 N–H and O–H groups in total. The van der Waals surface area contributed by atoms with Crippen molar-refractivity contribution < 1.29 is 19.5 Å². The number of nitrogens with zero attached hydrogens (tertiary/aromatic N) is 1. The molecule has 0 fully saturated rings. The molecule has 0 atom stereocenters.